The number of hydrogen-bond acceptors (Lipinski definition) is 6. The summed E-state index contributed by atoms with van der Waals surface area (Å²) in [6.45, 7) is 7.42. The molecule has 140 valence electrons. The molecule has 0 aliphatic carbocycles. The van der Waals surface area contributed by atoms with Gasteiger partial charge in [0.2, 0.25) is 5.76 Å². The van der Waals surface area contributed by atoms with Gasteiger partial charge < -0.3 is 9.42 Å². The summed E-state index contributed by atoms with van der Waals surface area (Å²) < 4.78 is 7.09. The highest BCUT2D eigenvalue weighted by Crippen LogP contribution is 2.31. The Morgan fingerprint density at radius 1 is 1.23 bits per heavy atom. The van der Waals surface area contributed by atoms with E-state index in [9.17, 15) is 4.79 Å². The maximum Gasteiger partial charge on any atom is 0.298 e. The standard InChI is InChI=1S/C17H19BrN4O2S.ClH/c1-3-21(4-2)9-10-22(16(23)14-7-8-19-24-14)17-20-13-6-5-12(18)11-15(13)25-17;/h5-8,11H,3-4,9-10H2,1-2H3;1H. The predicted molar refractivity (Wildman–Crippen MR) is 111 cm³/mol. The topological polar surface area (TPSA) is 62.5 Å². The van der Waals surface area contributed by atoms with Gasteiger partial charge in [-0.2, -0.15) is 0 Å². The first-order chi connectivity index (χ1) is 12.1. The van der Waals surface area contributed by atoms with Gasteiger partial charge in [0, 0.05) is 23.6 Å². The summed E-state index contributed by atoms with van der Waals surface area (Å²) >= 11 is 4.97. The van der Waals surface area contributed by atoms with Crippen LogP contribution in [0.4, 0.5) is 5.13 Å². The van der Waals surface area contributed by atoms with Crippen molar-refractivity contribution in [3.05, 3.63) is 40.7 Å². The molecule has 0 bridgehead atoms. The zero-order chi connectivity index (χ0) is 17.8. The van der Waals surface area contributed by atoms with Gasteiger partial charge in [-0.15, -0.1) is 12.4 Å². The highest BCUT2D eigenvalue weighted by atomic mass is 79.9. The molecule has 3 aromatic rings. The third kappa shape index (κ3) is 4.62. The molecular formula is C17H20BrClN4O2S. The van der Waals surface area contributed by atoms with Crippen molar-refractivity contribution in [3.8, 4) is 0 Å². The van der Waals surface area contributed by atoms with Gasteiger partial charge in [0.1, 0.15) is 0 Å². The molecule has 26 heavy (non-hydrogen) atoms. The summed E-state index contributed by atoms with van der Waals surface area (Å²) in [5.74, 6) is 0.00256. The number of fused-ring (bicyclic) bond motifs is 1. The SMILES string of the molecule is CCN(CC)CCN(C(=O)c1ccno1)c1nc2ccc(Br)cc2s1.Cl. The molecule has 6 nitrogen and oxygen atoms in total. The lowest BCUT2D eigenvalue weighted by molar-refractivity contribution is 0.0948. The average molecular weight is 460 g/mol. The van der Waals surface area contributed by atoms with E-state index >= 15 is 0 Å². The lowest BCUT2D eigenvalue weighted by Crippen LogP contribution is -2.38. The Balaban J connectivity index is 0.00000243. The van der Waals surface area contributed by atoms with Crippen LogP contribution in [0.25, 0.3) is 10.2 Å². The molecular weight excluding hydrogens is 440 g/mol. The Hall–Kier alpha value is -1.48. The Morgan fingerprint density at radius 3 is 2.65 bits per heavy atom. The van der Waals surface area contributed by atoms with Crippen molar-refractivity contribution in [2.45, 2.75) is 13.8 Å². The molecule has 9 heteroatoms. The maximum absolute atomic E-state index is 12.9. The Bertz CT molecular complexity index is 852. The molecule has 2 aromatic heterocycles. The van der Waals surface area contributed by atoms with Crippen LogP contribution in [0.5, 0.6) is 0 Å². The summed E-state index contributed by atoms with van der Waals surface area (Å²) in [4.78, 5) is 21.5. The molecule has 0 fully saturated rings. The van der Waals surface area contributed by atoms with E-state index in [0.717, 1.165) is 34.3 Å². The van der Waals surface area contributed by atoms with E-state index in [2.05, 4.69) is 44.8 Å². The van der Waals surface area contributed by atoms with Crippen LogP contribution in [0.3, 0.4) is 0 Å². The minimum absolute atomic E-state index is 0. The quantitative estimate of drug-likeness (QED) is 0.522. The molecule has 0 saturated heterocycles. The van der Waals surface area contributed by atoms with Gasteiger partial charge in [-0.1, -0.05) is 46.3 Å². The van der Waals surface area contributed by atoms with Crippen molar-refractivity contribution in [2.24, 2.45) is 0 Å². The van der Waals surface area contributed by atoms with E-state index in [1.54, 1.807) is 11.0 Å². The molecule has 0 spiro atoms. The van der Waals surface area contributed by atoms with Crippen LogP contribution >= 0.6 is 39.7 Å². The zero-order valence-electron chi connectivity index (χ0n) is 14.5. The molecule has 0 radical (unpaired) electrons. The van der Waals surface area contributed by atoms with Crippen molar-refractivity contribution in [1.29, 1.82) is 0 Å². The fraction of sp³-hybridized carbons (Fsp3) is 0.353. The number of nitrogens with zero attached hydrogens (tertiary/aromatic N) is 4. The molecule has 0 N–H and O–H groups in total. The van der Waals surface area contributed by atoms with Crippen molar-refractivity contribution >= 4 is 60.9 Å². The highest BCUT2D eigenvalue weighted by Gasteiger charge is 2.24. The number of thiazole rings is 1. The fourth-order valence-corrected chi connectivity index (χ4v) is 4.07. The second kappa shape index (κ2) is 9.45. The van der Waals surface area contributed by atoms with Crippen LogP contribution < -0.4 is 4.90 Å². The first-order valence-corrected chi connectivity index (χ1v) is 9.74. The number of rotatable bonds is 7. The second-order valence-electron chi connectivity index (χ2n) is 5.47. The smallest absolute Gasteiger partial charge is 0.298 e. The Kier molecular flexibility index (Phi) is 7.57. The van der Waals surface area contributed by atoms with E-state index < -0.39 is 0 Å². The number of hydrogen-bond donors (Lipinski definition) is 0. The van der Waals surface area contributed by atoms with Gasteiger partial charge in [0.25, 0.3) is 5.91 Å². The van der Waals surface area contributed by atoms with Crippen LogP contribution in [0.2, 0.25) is 0 Å². The predicted octanol–water partition coefficient (Wildman–Crippen LogP) is 4.46. The maximum atomic E-state index is 12.9. The number of amides is 1. The van der Waals surface area contributed by atoms with Crippen LogP contribution in [0.15, 0.2) is 39.5 Å². The highest BCUT2D eigenvalue weighted by molar-refractivity contribution is 9.10. The van der Waals surface area contributed by atoms with Gasteiger partial charge in [-0.05, 0) is 31.3 Å². The van der Waals surface area contributed by atoms with Crippen molar-refractivity contribution in [1.82, 2.24) is 15.0 Å². The monoisotopic (exact) mass is 458 g/mol. The molecule has 0 atom stereocenters. The van der Waals surface area contributed by atoms with Gasteiger partial charge in [0.15, 0.2) is 5.13 Å². The van der Waals surface area contributed by atoms with Gasteiger partial charge in [0.05, 0.1) is 16.4 Å². The van der Waals surface area contributed by atoms with Crippen LogP contribution in [0.1, 0.15) is 24.4 Å². The minimum Gasteiger partial charge on any atom is -0.351 e. The summed E-state index contributed by atoms with van der Waals surface area (Å²) in [5.41, 5.74) is 0.876. The molecule has 0 saturated carbocycles. The zero-order valence-corrected chi connectivity index (χ0v) is 17.7. The summed E-state index contributed by atoms with van der Waals surface area (Å²) in [7, 11) is 0. The van der Waals surface area contributed by atoms with Gasteiger partial charge >= 0.3 is 0 Å². The molecule has 3 rings (SSSR count). The minimum atomic E-state index is -0.220. The van der Waals surface area contributed by atoms with Crippen LogP contribution in [0, 0.1) is 0 Å². The number of carbonyl (C=O) groups is 1. The summed E-state index contributed by atoms with van der Waals surface area (Å²) in [6.07, 6.45) is 1.48. The van der Waals surface area contributed by atoms with E-state index in [4.69, 9.17) is 4.52 Å². The number of benzene rings is 1. The number of halogens is 2. The molecule has 0 unspecified atom stereocenters. The van der Waals surface area contributed by atoms with Crippen LogP contribution in [-0.4, -0.2) is 47.1 Å². The first-order valence-electron chi connectivity index (χ1n) is 8.13. The van der Waals surface area contributed by atoms with Gasteiger partial charge in [-0.25, -0.2) is 4.98 Å². The first kappa shape index (κ1) is 20.8. The van der Waals surface area contributed by atoms with E-state index in [1.165, 1.54) is 17.5 Å². The summed E-state index contributed by atoms with van der Waals surface area (Å²) in [5, 5.41) is 4.31. The molecule has 1 aromatic carbocycles. The third-order valence-electron chi connectivity index (χ3n) is 4.00. The number of aromatic nitrogens is 2. The molecule has 0 aliphatic rings. The van der Waals surface area contributed by atoms with Crippen molar-refractivity contribution < 1.29 is 9.32 Å². The average Bonchev–Trinajstić information content (AvgIpc) is 3.27. The summed E-state index contributed by atoms with van der Waals surface area (Å²) in [6, 6.07) is 7.49. The van der Waals surface area contributed by atoms with E-state index in [1.807, 2.05) is 18.2 Å². The lowest BCUT2D eigenvalue weighted by Gasteiger charge is -2.23. The second-order valence-corrected chi connectivity index (χ2v) is 7.39. The normalized spacial score (nSPS) is 10.9. The third-order valence-corrected chi connectivity index (χ3v) is 5.53. The number of likely N-dealkylation sites (N-methyl/N-ethyl adjacent to an activating group) is 1. The molecule has 1 amide bonds. The Labute approximate surface area is 170 Å². The molecule has 0 aliphatic heterocycles. The van der Waals surface area contributed by atoms with E-state index in [-0.39, 0.29) is 24.1 Å². The Morgan fingerprint density at radius 2 is 2.00 bits per heavy atom. The largest absolute Gasteiger partial charge is 0.351 e. The molecule has 2 heterocycles. The van der Waals surface area contributed by atoms with Crippen LogP contribution in [-0.2, 0) is 0 Å². The van der Waals surface area contributed by atoms with Gasteiger partial charge in [-0.3, -0.25) is 9.69 Å². The van der Waals surface area contributed by atoms with Crippen molar-refractivity contribution in [2.75, 3.05) is 31.1 Å². The number of anilines is 1. The number of carbonyl (C=O) groups excluding carboxylic acids is 1. The fourth-order valence-electron chi connectivity index (χ4n) is 2.53. The van der Waals surface area contributed by atoms with E-state index in [0.29, 0.717) is 11.7 Å². The van der Waals surface area contributed by atoms with Crippen molar-refractivity contribution in [3.63, 3.8) is 0 Å². The lowest BCUT2D eigenvalue weighted by atomic mass is 10.3.